The Hall–Kier alpha value is -1.12. The smallest absolute Gasteiger partial charge is 0.0977 e. The molecule has 1 aromatic carbocycles. The number of allylic oxidation sites excluding steroid dienone is 1. The van der Waals surface area contributed by atoms with Gasteiger partial charge in [0.1, 0.15) is 0 Å². The van der Waals surface area contributed by atoms with Crippen LogP contribution in [0.25, 0.3) is 0 Å². The van der Waals surface area contributed by atoms with Gasteiger partial charge in [-0.2, -0.15) is 0 Å². The fraction of sp³-hybridized carbons (Fsp3) is 0.529. The first-order valence-corrected chi connectivity index (χ1v) is 7.34. The lowest BCUT2D eigenvalue weighted by Crippen LogP contribution is -2.36. The molecular formula is C17H27NO. The van der Waals surface area contributed by atoms with Crippen LogP contribution >= 0.6 is 0 Å². The predicted octanol–water partition coefficient (Wildman–Crippen LogP) is 4.10. The van der Waals surface area contributed by atoms with Crippen LogP contribution in [0, 0.1) is 0 Å². The molecule has 1 N–H and O–H groups in total. The van der Waals surface area contributed by atoms with Crippen LogP contribution in [0.1, 0.15) is 44.8 Å². The second-order valence-corrected chi connectivity index (χ2v) is 4.67. The highest BCUT2D eigenvalue weighted by Crippen LogP contribution is 2.24. The lowest BCUT2D eigenvalue weighted by atomic mass is 9.97. The van der Waals surface area contributed by atoms with Gasteiger partial charge in [0.05, 0.1) is 6.10 Å². The van der Waals surface area contributed by atoms with E-state index in [9.17, 15) is 0 Å². The lowest BCUT2D eigenvalue weighted by molar-refractivity contribution is 0.0308. The molecule has 2 nitrogen and oxygen atoms in total. The van der Waals surface area contributed by atoms with E-state index in [4.69, 9.17) is 4.74 Å². The van der Waals surface area contributed by atoms with Gasteiger partial charge < -0.3 is 10.1 Å². The van der Waals surface area contributed by atoms with Gasteiger partial charge in [0, 0.05) is 12.6 Å². The minimum atomic E-state index is 0.135. The Labute approximate surface area is 117 Å². The van der Waals surface area contributed by atoms with Gasteiger partial charge in [0.15, 0.2) is 0 Å². The molecule has 2 unspecified atom stereocenters. The van der Waals surface area contributed by atoms with Gasteiger partial charge in [0.2, 0.25) is 0 Å². The summed E-state index contributed by atoms with van der Waals surface area (Å²) in [5, 5.41) is 3.57. The Morgan fingerprint density at radius 3 is 2.58 bits per heavy atom. The van der Waals surface area contributed by atoms with E-state index < -0.39 is 0 Å². The van der Waals surface area contributed by atoms with Crippen LogP contribution in [0.15, 0.2) is 43.0 Å². The normalized spacial score (nSPS) is 14.0. The molecule has 0 saturated carbocycles. The van der Waals surface area contributed by atoms with Crippen LogP contribution < -0.4 is 5.32 Å². The topological polar surface area (TPSA) is 21.3 Å². The quantitative estimate of drug-likeness (QED) is 0.506. The monoisotopic (exact) mass is 261 g/mol. The zero-order valence-electron chi connectivity index (χ0n) is 12.3. The summed E-state index contributed by atoms with van der Waals surface area (Å²) in [4.78, 5) is 0. The maximum Gasteiger partial charge on any atom is 0.0977 e. The van der Waals surface area contributed by atoms with E-state index in [0.29, 0.717) is 6.04 Å². The number of hydrogen-bond acceptors (Lipinski definition) is 2. The standard InChI is InChI=1S/C17H27NO/c1-4-7-9-14-16(18-5-2)17(19-6-3)15-12-10-8-11-13-15/h4,8,10-13,16-18H,1,5-7,9,14H2,2-3H3. The van der Waals surface area contributed by atoms with E-state index in [1.807, 2.05) is 12.1 Å². The molecule has 0 aromatic heterocycles. The first kappa shape index (κ1) is 15.9. The van der Waals surface area contributed by atoms with Crippen LogP contribution in [0.3, 0.4) is 0 Å². The zero-order valence-corrected chi connectivity index (χ0v) is 12.3. The van der Waals surface area contributed by atoms with Crippen molar-refractivity contribution in [1.82, 2.24) is 5.32 Å². The fourth-order valence-corrected chi connectivity index (χ4v) is 2.37. The minimum Gasteiger partial charge on any atom is -0.372 e. The predicted molar refractivity (Wildman–Crippen MR) is 82.3 cm³/mol. The van der Waals surface area contributed by atoms with Crippen LogP contribution in [-0.2, 0) is 4.74 Å². The van der Waals surface area contributed by atoms with Crippen molar-refractivity contribution in [3.63, 3.8) is 0 Å². The first-order valence-electron chi connectivity index (χ1n) is 7.34. The van der Waals surface area contributed by atoms with Gasteiger partial charge >= 0.3 is 0 Å². The third-order valence-electron chi connectivity index (χ3n) is 3.23. The average molecular weight is 261 g/mol. The van der Waals surface area contributed by atoms with Gasteiger partial charge in [0.25, 0.3) is 0 Å². The van der Waals surface area contributed by atoms with Crippen molar-refractivity contribution in [2.24, 2.45) is 0 Å². The van der Waals surface area contributed by atoms with Crippen molar-refractivity contribution in [3.8, 4) is 0 Å². The molecule has 0 bridgehead atoms. The third kappa shape index (κ3) is 5.58. The van der Waals surface area contributed by atoms with Crippen LogP contribution in [0.2, 0.25) is 0 Å². The van der Waals surface area contributed by atoms with E-state index in [2.05, 4.69) is 50.0 Å². The number of ether oxygens (including phenoxy) is 1. The number of benzene rings is 1. The van der Waals surface area contributed by atoms with Crippen molar-refractivity contribution in [2.45, 2.75) is 45.3 Å². The van der Waals surface area contributed by atoms with Crippen LogP contribution in [0.5, 0.6) is 0 Å². The summed E-state index contributed by atoms with van der Waals surface area (Å²) < 4.78 is 5.99. The Balaban J connectivity index is 2.76. The summed E-state index contributed by atoms with van der Waals surface area (Å²) in [7, 11) is 0. The number of hydrogen-bond donors (Lipinski definition) is 1. The van der Waals surface area contributed by atoms with Crippen LogP contribution in [-0.4, -0.2) is 19.2 Å². The maximum absolute atomic E-state index is 5.99. The fourth-order valence-electron chi connectivity index (χ4n) is 2.37. The molecule has 0 radical (unpaired) electrons. The molecule has 2 atom stereocenters. The molecule has 0 saturated heterocycles. The van der Waals surface area contributed by atoms with Crippen molar-refractivity contribution in [2.75, 3.05) is 13.2 Å². The number of rotatable bonds is 10. The van der Waals surface area contributed by atoms with Gasteiger partial charge in [-0.05, 0) is 38.3 Å². The summed E-state index contributed by atoms with van der Waals surface area (Å²) in [6, 6.07) is 10.9. The Morgan fingerprint density at radius 2 is 2.00 bits per heavy atom. The third-order valence-corrected chi connectivity index (χ3v) is 3.23. The Kier molecular flexibility index (Phi) is 8.19. The van der Waals surface area contributed by atoms with E-state index in [1.54, 1.807) is 0 Å². The summed E-state index contributed by atoms with van der Waals surface area (Å²) in [5.41, 5.74) is 1.26. The molecule has 0 fully saturated rings. The maximum atomic E-state index is 5.99. The molecule has 106 valence electrons. The highest BCUT2D eigenvalue weighted by molar-refractivity contribution is 5.19. The summed E-state index contributed by atoms with van der Waals surface area (Å²) in [6.45, 7) is 9.70. The van der Waals surface area contributed by atoms with Crippen molar-refractivity contribution in [1.29, 1.82) is 0 Å². The highest BCUT2D eigenvalue weighted by atomic mass is 16.5. The largest absolute Gasteiger partial charge is 0.372 e. The SMILES string of the molecule is C=CCCCC(NCC)C(OCC)c1ccccc1. The minimum absolute atomic E-state index is 0.135. The van der Waals surface area contributed by atoms with E-state index in [0.717, 1.165) is 32.4 Å². The van der Waals surface area contributed by atoms with Crippen LogP contribution in [0.4, 0.5) is 0 Å². The Bertz CT molecular complexity index is 336. The molecule has 1 aromatic rings. The second-order valence-electron chi connectivity index (χ2n) is 4.67. The van der Waals surface area contributed by atoms with E-state index >= 15 is 0 Å². The average Bonchev–Trinajstić information content (AvgIpc) is 2.45. The molecular weight excluding hydrogens is 234 g/mol. The molecule has 19 heavy (non-hydrogen) atoms. The molecule has 0 aliphatic heterocycles. The summed E-state index contributed by atoms with van der Waals surface area (Å²) in [6.07, 6.45) is 5.45. The van der Waals surface area contributed by atoms with Gasteiger partial charge in [-0.15, -0.1) is 6.58 Å². The van der Waals surface area contributed by atoms with E-state index in [1.165, 1.54) is 5.56 Å². The molecule has 1 rings (SSSR count). The molecule has 0 heterocycles. The molecule has 0 aliphatic rings. The van der Waals surface area contributed by atoms with Gasteiger partial charge in [-0.25, -0.2) is 0 Å². The number of unbranched alkanes of at least 4 members (excludes halogenated alkanes) is 1. The Morgan fingerprint density at radius 1 is 1.26 bits per heavy atom. The second kappa shape index (κ2) is 9.76. The van der Waals surface area contributed by atoms with Crippen molar-refractivity contribution < 1.29 is 4.74 Å². The van der Waals surface area contributed by atoms with Crippen molar-refractivity contribution in [3.05, 3.63) is 48.6 Å². The van der Waals surface area contributed by atoms with Gasteiger partial charge in [-0.3, -0.25) is 0 Å². The number of likely N-dealkylation sites (N-methyl/N-ethyl adjacent to an activating group) is 1. The molecule has 0 spiro atoms. The molecule has 0 aliphatic carbocycles. The van der Waals surface area contributed by atoms with Crippen molar-refractivity contribution >= 4 is 0 Å². The summed E-state index contributed by atoms with van der Waals surface area (Å²) in [5.74, 6) is 0. The first-order chi connectivity index (χ1) is 9.33. The van der Waals surface area contributed by atoms with E-state index in [-0.39, 0.29) is 6.10 Å². The number of nitrogens with one attached hydrogen (secondary N) is 1. The highest BCUT2D eigenvalue weighted by Gasteiger charge is 2.22. The summed E-state index contributed by atoms with van der Waals surface area (Å²) >= 11 is 0. The zero-order chi connectivity index (χ0) is 13.9. The molecule has 2 heteroatoms. The molecule has 0 amide bonds. The lowest BCUT2D eigenvalue weighted by Gasteiger charge is -2.28. The van der Waals surface area contributed by atoms with Gasteiger partial charge in [-0.1, -0.05) is 43.3 Å².